The number of methoxy groups -OCH3 is 1. The van der Waals surface area contributed by atoms with E-state index < -0.39 is 0 Å². The first-order valence-corrected chi connectivity index (χ1v) is 8.83. The van der Waals surface area contributed by atoms with Crippen molar-refractivity contribution in [3.8, 4) is 17.6 Å². The molecule has 1 aromatic carbocycles. The molecule has 0 radical (unpaired) electrons. The lowest BCUT2D eigenvalue weighted by Gasteiger charge is -2.18. The standard InChI is InChI=1S/C20H21ClN2O4/c1-3-26-20-17(21)12-15(13-18(20)25-2)7-8-19(24)23(10-5-9-22)14-16-6-4-11-27-16/h4,6-8,11-13H,3,5,10,14H2,1-2H3. The Morgan fingerprint density at radius 2 is 2.26 bits per heavy atom. The molecule has 0 saturated carbocycles. The topological polar surface area (TPSA) is 75.7 Å². The average Bonchev–Trinajstić information content (AvgIpc) is 3.18. The summed E-state index contributed by atoms with van der Waals surface area (Å²) >= 11 is 6.25. The van der Waals surface area contributed by atoms with Crippen molar-refractivity contribution in [1.82, 2.24) is 4.90 Å². The second-order valence-electron chi connectivity index (χ2n) is 5.55. The van der Waals surface area contributed by atoms with Crippen LogP contribution in [0.5, 0.6) is 11.5 Å². The molecule has 2 rings (SSSR count). The Labute approximate surface area is 163 Å². The Hall–Kier alpha value is -2.91. The molecule has 0 bridgehead atoms. The average molecular weight is 389 g/mol. The molecule has 0 spiro atoms. The molecule has 2 aromatic rings. The molecule has 142 valence electrons. The van der Waals surface area contributed by atoms with Gasteiger partial charge >= 0.3 is 0 Å². The Balaban J connectivity index is 2.17. The summed E-state index contributed by atoms with van der Waals surface area (Å²) < 4.78 is 16.1. The van der Waals surface area contributed by atoms with Gasteiger partial charge in [-0.3, -0.25) is 4.79 Å². The maximum absolute atomic E-state index is 12.6. The van der Waals surface area contributed by atoms with Crippen LogP contribution in [0.2, 0.25) is 5.02 Å². The highest BCUT2D eigenvalue weighted by atomic mass is 35.5. The summed E-state index contributed by atoms with van der Waals surface area (Å²) in [5.41, 5.74) is 0.701. The zero-order valence-electron chi connectivity index (χ0n) is 15.3. The Morgan fingerprint density at radius 3 is 2.89 bits per heavy atom. The number of furan rings is 1. The van der Waals surface area contributed by atoms with E-state index in [4.69, 9.17) is 30.8 Å². The van der Waals surface area contributed by atoms with Crippen molar-refractivity contribution in [1.29, 1.82) is 5.26 Å². The molecular formula is C20H21ClN2O4. The van der Waals surface area contributed by atoms with Gasteiger partial charge in [-0.2, -0.15) is 5.26 Å². The van der Waals surface area contributed by atoms with Gasteiger partial charge in [0, 0.05) is 12.6 Å². The van der Waals surface area contributed by atoms with Crippen molar-refractivity contribution in [3.05, 3.63) is 53.0 Å². The predicted molar refractivity (Wildman–Crippen MR) is 103 cm³/mol. The van der Waals surface area contributed by atoms with Crippen molar-refractivity contribution in [3.63, 3.8) is 0 Å². The van der Waals surface area contributed by atoms with Gasteiger partial charge in [0.05, 0.1) is 44.0 Å². The molecule has 1 heterocycles. The summed E-state index contributed by atoms with van der Waals surface area (Å²) in [6.07, 6.45) is 4.87. The quantitative estimate of drug-likeness (QED) is 0.599. The molecule has 0 aliphatic carbocycles. The summed E-state index contributed by atoms with van der Waals surface area (Å²) in [4.78, 5) is 14.1. The number of carbonyl (C=O) groups is 1. The fourth-order valence-electron chi connectivity index (χ4n) is 2.44. The second kappa shape index (κ2) is 10.3. The van der Waals surface area contributed by atoms with E-state index in [-0.39, 0.29) is 12.3 Å². The van der Waals surface area contributed by atoms with E-state index in [2.05, 4.69) is 6.07 Å². The maximum Gasteiger partial charge on any atom is 0.247 e. The molecule has 7 heteroatoms. The second-order valence-corrected chi connectivity index (χ2v) is 5.95. The molecule has 0 unspecified atom stereocenters. The highest BCUT2D eigenvalue weighted by Crippen LogP contribution is 2.36. The van der Waals surface area contributed by atoms with Crippen molar-refractivity contribution in [2.75, 3.05) is 20.3 Å². The molecule has 1 aromatic heterocycles. The Kier molecular flexibility index (Phi) is 7.78. The summed E-state index contributed by atoms with van der Waals surface area (Å²) in [5, 5.41) is 9.22. The molecule has 1 amide bonds. The number of benzene rings is 1. The van der Waals surface area contributed by atoms with Crippen LogP contribution >= 0.6 is 11.6 Å². The maximum atomic E-state index is 12.6. The molecule has 0 fully saturated rings. The summed E-state index contributed by atoms with van der Waals surface area (Å²) in [7, 11) is 1.53. The number of halogens is 1. The van der Waals surface area contributed by atoms with Gasteiger partial charge in [0.25, 0.3) is 0 Å². The molecule has 0 aliphatic heterocycles. The number of nitrogens with zero attached hydrogens (tertiary/aromatic N) is 2. The first-order valence-electron chi connectivity index (χ1n) is 8.45. The van der Waals surface area contributed by atoms with E-state index in [9.17, 15) is 4.79 Å². The smallest absolute Gasteiger partial charge is 0.247 e. The number of ether oxygens (including phenoxy) is 2. The van der Waals surface area contributed by atoms with Gasteiger partial charge in [0.2, 0.25) is 5.91 Å². The van der Waals surface area contributed by atoms with E-state index >= 15 is 0 Å². The first kappa shape index (κ1) is 20.4. The summed E-state index contributed by atoms with van der Waals surface area (Å²) in [5.74, 6) is 1.39. The SMILES string of the molecule is CCOc1c(Cl)cc(C=CC(=O)N(CCC#N)Cc2ccco2)cc1OC. The number of carbonyl (C=O) groups excluding carboxylic acids is 1. The molecule has 27 heavy (non-hydrogen) atoms. The highest BCUT2D eigenvalue weighted by molar-refractivity contribution is 6.32. The van der Waals surface area contributed by atoms with Crippen molar-refractivity contribution >= 4 is 23.6 Å². The molecule has 6 nitrogen and oxygen atoms in total. The van der Waals surface area contributed by atoms with Crippen molar-refractivity contribution < 1.29 is 18.7 Å². The summed E-state index contributed by atoms with van der Waals surface area (Å²) in [6, 6.07) is 9.03. The fourth-order valence-corrected chi connectivity index (χ4v) is 2.71. The van der Waals surface area contributed by atoms with Crippen LogP contribution in [-0.2, 0) is 11.3 Å². The lowest BCUT2D eigenvalue weighted by Crippen LogP contribution is -2.29. The van der Waals surface area contributed by atoms with Gasteiger partial charge in [-0.05, 0) is 42.8 Å². The van der Waals surface area contributed by atoms with E-state index in [1.54, 1.807) is 41.5 Å². The first-order chi connectivity index (χ1) is 13.1. The van der Waals surface area contributed by atoms with Gasteiger partial charge in [-0.25, -0.2) is 0 Å². The third kappa shape index (κ3) is 5.80. The van der Waals surface area contributed by atoms with Gasteiger partial charge in [0.15, 0.2) is 11.5 Å². The third-order valence-electron chi connectivity index (χ3n) is 3.69. The van der Waals surface area contributed by atoms with E-state index in [1.807, 2.05) is 6.92 Å². The number of hydrogen-bond acceptors (Lipinski definition) is 5. The third-order valence-corrected chi connectivity index (χ3v) is 3.97. The largest absolute Gasteiger partial charge is 0.493 e. The normalized spacial score (nSPS) is 10.6. The van der Waals surface area contributed by atoms with Crippen LogP contribution in [0.4, 0.5) is 0 Å². The van der Waals surface area contributed by atoms with Gasteiger partial charge in [0.1, 0.15) is 5.76 Å². The van der Waals surface area contributed by atoms with Gasteiger partial charge in [-0.15, -0.1) is 0 Å². The van der Waals surface area contributed by atoms with E-state index in [0.29, 0.717) is 47.5 Å². The van der Waals surface area contributed by atoms with Gasteiger partial charge < -0.3 is 18.8 Å². The van der Waals surface area contributed by atoms with E-state index in [1.165, 1.54) is 13.2 Å². The zero-order valence-corrected chi connectivity index (χ0v) is 16.0. The number of nitriles is 1. The van der Waals surface area contributed by atoms with Crippen molar-refractivity contribution in [2.24, 2.45) is 0 Å². The molecule has 0 N–H and O–H groups in total. The van der Waals surface area contributed by atoms with Crippen LogP contribution in [0.25, 0.3) is 6.08 Å². The molecule has 0 aliphatic rings. The number of hydrogen-bond donors (Lipinski definition) is 0. The lowest BCUT2D eigenvalue weighted by atomic mass is 10.1. The molecule has 0 atom stereocenters. The van der Waals surface area contributed by atoms with Gasteiger partial charge in [-0.1, -0.05) is 11.6 Å². The van der Waals surface area contributed by atoms with Crippen LogP contribution in [0.1, 0.15) is 24.7 Å². The van der Waals surface area contributed by atoms with Crippen LogP contribution in [0, 0.1) is 11.3 Å². The van der Waals surface area contributed by atoms with Crippen LogP contribution in [0.15, 0.2) is 41.0 Å². The molecule has 0 saturated heterocycles. The zero-order chi connectivity index (χ0) is 19.6. The summed E-state index contributed by atoms with van der Waals surface area (Å²) in [6.45, 7) is 2.93. The molecular weight excluding hydrogens is 368 g/mol. The minimum absolute atomic E-state index is 0.231. The van der Waals surface area contributed by atoms with Crippen molar-refractivity contribution in [2.45, 2.75) is 19.9 Å². The van der Waals surface area contributed by atoms with Crippen LogP contribution in [0.3, 0.4) is 0 Å². The van der Waals surface area contributed by atoms with Crippen LogP contribution < -0.4 is 9.47 Å². The monoisotopic (exact) mass is 388 g/mol. The Bertz CT molecular complexity index is 825. The number of rotatable bonds is 9. The van der Waals surface area contributed by atoms with E-state index in [0.717, 1.165) is 0 Å². The Morgan fingerprint density at radius 1 is 1.44 bits per heavy atom. The highest BCUT2D eigenvalue weighted by Gasteiger charge is 2.14. The minimum Gasteiger partial charge on any atom is -0.493 e. The number of amides is 1. The fraction of sp³-hybridized carbons (Fsp3) is 0.300. The lowest BCUT2D eigenvalue weighted by molar-refractivity contribution is -0.126. The van der Waals surface area contributed by atoms with Crippen LogP contribution in [-0.4, -0.2) is 31.1 Å². The minimum atomic E-state index is -0.231. The predicted octanol–water partition coefficient (Wildman–Crippen LogP) is 4.30.